The van der Waals surface area contributed by atoms with Crippen molar-refractivity contribution >= 4 is 10.9 Å². The lowest BCUT2D eigenvalue weighted by molar-refractivity contribution is -0.217. The second-order valence-corrected chi connectivity index (χ2v) is 4.17. The van der Waals surface area contributed by atoms with Crippen LogP contribution in [0.15, 0.2) is 24.4 Å². The monoisotopic (exact) mass is 233 g/mol. The number of phenols is 1. The molecule has 5 nitrogen and oxygen atoms in total. The van der Waals surface area contributed by atoms with Gasteiger partial charge in [-0.15, -0.1) is 0 Å². The number of fused-ring (bicyclic) bond motifs is 3. The summed E-state index contributed by atoms with van der Waals surface area (Å²) in [4.78, 5) is 4.19. The summed E-state index contributed by atoms with van der Waals surface area (Å²) >= 11 is 0. The van der Waals surface area contributed by atoms with E-state index in [1.54, 1.807) is 12.3 Å². The van der Waals surface area contributed by atoms with Gasteiger partial charge < -0.3 is 20.1 Å². The number of aliphatic hydroxyl groups is 2. The van der Waals surface area contributed by atoms with E-state index in [1.165, 1.54) is 12.1 Å². The third-order valence-electron chi connectivity index (χ3n) is 2.89. The highest BCUT2D eigenvalue weighted by Gasteiger charge is 2.35. The summed E-state index contributed by atoms with van der Waals surface area (Å²) in [6.45, 7) is 0.103. The molecule has 0 unspecified atom stereocenters. The Morgan fingerprint density at radius 2 is 2.12 bits per heavy atom. The van der Waals surface area contributed by atoms with Crippen molar-refractivity contribution in [2.24, 2.45) is 0 Å². The van der Waals surface area contributed by atoms with Gasteiger partial charge >= 0.3 is 0 Å². The van der Waals surface area contributed by atoms with E-state index in [9.17, 15) is 15.3 Å². The third-order valence-corrected chi connectivity index (χ3v) is 2.89. The second-order valence-electron chi connectivity index (χ2n) is 4.17. The molecule has 2 heterocycles. The number of aromatic nitrogens is 1. The normalized spacial score (nSPS) is 18.0. The Morgan fingerprint density at radius 1 is 1.29 bits per heavy atom. The van der Waals surface area contributed by atoms with Crippen molar-refractivity contribution in [3.63, 3.8) is 0 Å². The van der Waals surface area contributed by atoms with E-state index >= 15 is 0 Å². The van der Waals surface area contributed by atoms with Crippen molar-refractivity contribution in [1.82, 2.24) is 4.98 Å². The number of phenolic OH excluding ortho intramolecular Hbond substituents is 1. The zero-order valence-electron chi connectivity index (χ0n) is 8.92. The molecule has 0 spiro atoms. The molecule has 0 atom stereocenters. The Balaban J connectivity index is 2.40. The zero-order chi connectivity index (χ0) is 12.0. The summed E-state index contributed by atoms with van der Waals surface area (Å²) in [6.07, 6.45) is 1.56. The number of aromatic hydroxyl groups is 1. The van der Waals surface area contributed by atoms with Crippen LogP contribution >= 0.6 is 0 Å². The van der Waals surface area contributed by atoms with Crippen molar-refractivity contribution in [1.29, 1.82) is 0 Å². The first-order valence-corrected chi connectivity index (χ1v) is 5.21. The molecule has 1 aliphatic rings. The Morgan fingerprint density at radius 3 is 2.94 bits per heavy atom. The number of ether oxygens (including phenoxy) is 1. The van der Waals surface area contributed by atoms with Gasteiger partial charge in [-0.2, -0.15) is 0 Å². The van der Waals surface area contributed by atoms with Gasteiger partial charge in [0, 0.05) is 22.7 Å². The van der Waals surface area contributed by atoms with Crippen LogP contribution in [0.5, 0.6) is 5.75 Å². The molecule has 1 aromatic heterocycles. The average molecular weight is 233 g/mol. The number of hydrogen-bond acceptors (Lipinski definition) is 5. The fourth-order valence-electron chi connectivity index (χ4n) is 2.18. The van der Waals surface area contributed by atoms with Gasteiger partial charge in [0.25, 0.3) is 0 Å². The lowest BCUT2D eigenvalue weighted by Gasteiger charge is -2.30. The maximum absolute atomic E-state index is 9.94. The summed E-state index contributed by atoms with van der Waals surface area (Å²) in [5, 5.41) is 29.9. The van der Waals surface area contributed by atoms with Crippen LogP contribution in [0.4, 0.5) is 0 Å². The van der Waals surface area contributed by atoms with Crippen LogP contribution in [0.2, 0.25) is 0 Å². The molecule has 3 rings (SSSR count). The second kappa shape index (κ2) is 3.40. The minimum Gasteiger partial charge on any atom is -0.508 e. The summed E-state index contributed by atoms with van der Waals surface area (Å²) < 4.78 is 5.09. The average Bonchev–Trinajstić information content (AvgIpc) is 2.27. The summed E-state index contributed by atoms with van der Waals surface area (Å²) in [6, 6.07) is 4.63. The number of rotatable bonds is 0. The van der Waals surface area contributed by atoms with Crippen molar-refractivity contribution in [3.05, 3.63) is 35.5 Å². The number of benzene rings is 1. The SMILES string of the molecule is Oc1ccc2ncc3c(c2c1)C(O)(O)COC3. The highest BCUT2D eigenvalue weighted by Crippen LogP contribution is 2.34. The molecule has 1 aromatic carbocycles. The lowest BCUT2D eigenvalue weighted by atomic mass is 9.95. The maximum atomic E-state index is 9.94. The minimum absolute atomic E-state index is 0.0648. The first-order valence-electron chi connectivity index (χ1n) is 5.21. The molecule has 17 heavy (non-hydrogen) atoms. The van der Waals surface area contributed by atoms with Crippen LogP contribution in [0.1, 0.15) is 11.1 Å². The predicted molar refractivity (Wildman–Crippen MR) is 59.2 cm³/mol. The van der Waals surface area contributed by atoms with Crippen molar-refractivity contribution < 1.29 is 20.1 Å². The zero-order valence-corrected chi connectivity index (χ0v) is 8.92. The van der Waals surface area contributed by atoms with Gasteiger partial charge in [-0.1, -0.05) is 0 Å². The Bertz CT molecular complexity index is 594. The molecule has 0 saturated heterocycles. The molecule has 0 saturated carbocycles. The number of pyridine rings is 1. The molecule has 0 bridgehead atoms. The van der Waals surface area contributed by atoms with Crippen LogP contribution in [0.3, 0.4) is 0 Å². The topological polar surface area (TPSA) is 82.8 Å². The van der Waals surface area contributed by atoms with Crippen LogP contribution in [-0.2, 0) is 17.1 Å². The Labute approximate surface area is 96.9 Å². The molecule has 2 aromatic rings. The standard InChI is InChI=1S/C12H11NO4/c14-8-1-2-10-9(3-8)11-7(4-13-10)5-17-6-12(11,15)16/h1-4,14-16H,5-6H2. The van der Waals surface area contributed by atoms with E-state index < -0.39 is 5.79 Å². The Kier molecular flexibility index (Phi) is 2.09. The molecular formula is C12H11NO4. The van der Waals surface area contributed by atoms with Gasteiger partial charge in [0.2, 0.25) is 5.79 Å². The molecule has 0 radical (unpaired) electrons. The van der Waals surface area contributed by atoms with Gasteiger partial charge in [0.1, 0.15) is 12.4 Å². The van der Waals surface area contributed by atoms with Crippen molar-refractivity contribution in [2.45, 2.75) is 12.4 Å². The summed E-state index contributed by atoms with van der Waals surface area (Å²) in [5.41, 5.74) is 1.60. The first kappa shape index (κ1) is 10.5. The molecule has 0 fully saturated rings. The molecule has 3 N–H and O–H groups in total. The van der Waals surface area contributed by atoms with Gasteiger partial charge in [-0.05, 0) is 18.2 Å². The summed E-state index contributed by atoms with van der Waals surface area (Å²) in [5.74, 6) is -1.97. The van der Waals surface area contributed by atoms with Crippen LogP contribution in [0, 0.1) is 0 Å². The first-order chi connectivity index (χ1) is 8.08. The van der Waals surface area contributed by atoms with Crippen molar-refractivity contribution in [2.75, 3.05) is 6.61 Å². The molecule has 0 aliphatic carbocycles. The van der Waals surface area contributed by atoms with E-state index in [0.717, 1.165) is 0 Å². The smallest absolute Gasteiger partial charge is 0.215 e. The predicted octanol–water partition coefficient (Wildman–Crippen LogP) is 0.608. The minimum atomic E-state index is -2.04. The highest BCUT2D eigenvalue weighted by atomic mass is 16.6. The van der Waals surface area contributed by atoms with Crippen LogP contribution in [-0.4, -0.2) is 26.9 Å². The Hall–Kier alpha value is -1.69. The van der Waals surface area contributed by atoms with Gasteiger partial charge in [0.15, 0.2) is 0 Å². The fraction of sp³-hybridized carbons (Fsp3) is 0.250. The van der Waals surface area contributed by atoms with E-state index in [0.29, 0.717) is 22.0 Å². The highest BCUT2D eigenvalue weighted by molar-refractivity contribution is 5.85. The van der Waals surface area contributed by atoms with E-state index in [2.05, 4.69) is 4.98 Å². The van der Waals surface area contributed by atoms with Crippen molar-refractivity contribution in [3.8, 4) is 5.75 Å². The number of nitrogens with zero attached hydrogens (tertiary/aromatic N) is 1. The largest absolute Gasteiger partial charge is 0.508 e. The van der Waals surface area contributed by atoms with E-state index in [-0.39, 0.29) is 19.0 Å². The van der Waals surface area contributed by atoms with E-state index in [4.69, 9.17) is 4.74 Å². The summed E-state index contributed by atoms with van der Waals surface area (Å²) in [7, 11) is 0. The molecule has 0 amide bonds. The van der Waals surface area contributed by atoms with Crippen LogP contribution < -0.4 is 0 Å². The molecule has 5 heteroatoms. The van der Waals surface area contributed by atoms with Gasteiger partial charge in [0.05, 0.1) is 12.1 Å². The fourth-order valence-corrected chi connectivity index (χ4v) is 2.18. The lowest BCUT2D eigenvalue weighted by Crippen LogP contribution is -2.36. The number of hydrogen-bond donors (Lipinski definition) is 3. The quantitative estimate of drug-likeness (QED) is 0.581. The maximum Gasteiger partial charge on any atom is 0.215 e. The molecule has 88 valence electrons. The third kappa shape index (κ3) is 1.56. The van der Waals surface area contributed by atoms with E-state index in [1.807, 2.05) is 0 Å². The molecule has 1 aliphatic heterocycles. The van der Waals surface area contributed by atoms with Gasteiger partial charge in [-0.3, -0.25) is 4.98 Å². The van der Waals surface area contributed by atoms with Crippen LogP contribution in [0.25, 0.3) is 10.9 Å². The molecular weight excluding hydrogens is 222 g/mol. The van der Waals surface area contributed by atoms with Gasteiger partial charge in [-0.25, -0.2) is 0 Å².